The molecule has 0 radical (unpaired) electrons. The highest BCUT2D eigenvalue weighted by molar-refractivity contribution is 7.15. The average Bonchev–Trinajstić information content (AvgIpc) is 3.24. The Morgan fingerprint density at radius 2 is 1.88 bits per heavy atom. The second-order valence-electron chi connectivity index (χ2n) is 5.58. The molecule has 0 aliphatic rings. The largest absolute Gasteiger partial charge is 0.264 e. The molecular weight excluding hydrogens is 373 g/mol. The van der Waals surface area contributed by atoms with Crippen LogP contribution in [0.1, 0.15) is 4.88 Å². The van der Waals surface area contributed by atoms with Gasteiger partial charge in [-0.2, -0.15) is 5.10 Å². The van der Waals surface area contributed by atoms with E-state index in [0.29, 0.717) is 10.0 Å². The molecule has 0 saturated heterocycles. The molecule has 0 atom stereocenters. The first-order valence-electron chi connectivity index (χ1n) is 7.64. The molecule has 3 aromatic heterocycles. The highest BCUT2D eigenvalue weighted by Gasteiger charge is 2.15. The Morgan fingerprint density at radius 3 is 2.56 bits per heavy atom. The van der Waals surface area contributed by atoms with Crippen molar-refractivity contribution < 1.29 is 0 Å². The molecule has 0 unspecified atom stereocenters. The van der Waals surface area contributed by atoms with Crippen LogP contribution in [0.25, 0.3) is 27.5 Å². The highest BCUT2D eigenvalue weighted by atomic mass is 35.5. The second-order valence-corrected chi connectivity index (χ2v) is 7.68. The van der Waals surface area contributed by atoms with Crippen LogP contribution >= 0.6 is 34.5 Å². The maximum absolute atomic E-state index is 6.21. The fourth-order valence-electron chi connectivity index (χ4n) is 2.60. The van der Waals surface area contributed by atoms with Gasteiger partial charge in [-0.3, -0.25) is 4.98 Å². The van der Waals surface area contributed by atoms with E-state index in [-0.39, 0.29) is 0 Å². The topological polar surface area (TPSA) is 30.7 Å². The number of benzene rings is 1. The van der Waals surface area contributed by atoms with Crippen LogP contribution in [0, 0.1) is 6.92 Å². The fraction of sp³-hybridized carbons (Fsp3) is 0.0526. The molecule has 0 N–H and O–H groups in total. The first-order chi connectivity index (χ1) is 12.1. The zero-order valence-corrected chi connectivity index (χ0v) is 15.6. The Bertz CT molecular complexity index is 1040. The molecule has 3 heterocycles. The van der Waals surface area contributed by atoms with Crippen molar-refractivity contribution >= 4 is 34.5 Å². The summed E-state index contributed by atoms with van der Waals surface area (Å²) in [6, 6.07) is 15.7. The zero-order chi connectivity index (χ0) is 17.4. The van der Waals surface area contributed by atoms with Gasteiger partial charge in [-0.05, 0) is 55.5 Å². The van der Waals surface area contributed by atoms with Gasteiger partial charge in [-0.25, -0.2) is 4.68 Å². The van der Waals surface area contributed by atoms with E-state index in [4.69, 9.17) is 28.3 Å². The maximum Gasteiger partial charge on any atom is 0.0949 e. The van der Waals surface area contributed by atoms with Crippen LogP contribution < -0.4 is 0 Å². The molecule has 4 rings (SSSR count). The van der Waals surface area contributed by atoms with E-state index in [0.717, 1.165) is 27.5 Å². The minimum atomic E-state index is 0.505. The first kappa shape index (κ1) is 16.3. The van der Waals surface area contributed by atoms with Crippen molar-refractivity contribution in [2.75, 3.05) is 0 Å². The number of halogens is 2. The van der Waals surface area contributed by atoms with Gasteiger partial charge in [0.15, 0.2) is 0 Å². The molecule has 0 amide bonds. The molecule has 0 aliphatic heterocycles. The molecule has 0 saturated carbocycles. The standard InChI is InChI=1S/C19H13Cl2N3S/c1-12-4-7-19(25-12)18-10-17(13-3-2-8-22-11-13)23-24(18)14-5-6-15(20)16(21)9-14/h2-11H,1H3. The molecule has 0 spiro atoms. The highest BCUT2D eigenvalue weighted by Crippen LogP contribution is 2.34. The van der Waals surface area contributed by atoms with Gasteiger partial charge in [0.2, 0.25) is 0 Å². The van der Waals surface area contributed by atoms with Gasteiger partial charge >= 0.3 is 0 Å². The van der Waals surface area contributed by atoms with Crippen molar-refractivity contribution in [3.8, 4) is 27.5 Å². The summed E-state index contributed by atoms with van der Waals surface area (Å²) in [6.07, 6.45) is 3.56. The maximum atomic E-state index is 6.21. The molecule has 6 heteroatoms. The van der Waals surface area contributed by atoms with Crippen molar-refractivity contribution in [2.45, 2.75) is 6.92 Å². The molecule has 25 heavy (non-hydrogen) atoms. The Balaban J connectivity index is 1.91. The van der Waals surface area contributed by atoms with E-state index in [1.807, 2.05) is 35.1 Å². The molecule has 124 valence electrons. The van der Waals surface area contributed by atoms with Crippen LogP contribution in [0.3, 0.4) is 0 Å². The summed E-state index contributed by atoms with van der Waals surface area (Å²) < 4.78 is 1.90. The normalized spacial score (nSPS) is 11.0. The van der Waals surface area contributed by atoms with Crippen LogP contribution in [0.5, 0.6) is 0 Å². The van der Waals surface area contributed by atoms with Crippen LogP contribution in [0.15, 0.2) is 60.9 Å². The minimum absolute atomic E-state index is 0.505. The fourth-order valence-corrected chi connectivity index (χ4v) is 3.76. The molecule has 3 nitrogen and oxygen atoms in total. The number of aryl methyl sites for hydroxylation is 1. The predicted molar refractivity (Wildman–Crippen MR) is 105 cm³/mol. The Morgan fingerprint density at radius 1 is 1.00 bits per heavy atom. The molecule has 0 fully saturated rings. The lowest BCUT2D eigenvalue weighted by atomic mass is 10.2. The molecule has 0 bridgehead atoms. The van der Waals surface area contributed by atoms with E-state index in [9.17, 15) is 0 Å². The van der Waals surface area contributed by atoms with Crippen molar-refractivity contribution in [3.63, 3.8) is 0 Å². The van der Waals surface area contributed by atoms with Crippen molar-refractivity contribution in [2.24, 2.45) is 0 Å². The third-order valence-corrected chi connectivity index (χ3v) is 5.57. The smallest absolute Gasteiger partial charge is 0.0949 e. The lowest BCUT2D eigenvalue weighted by Gasteiger charge is -2.07. The van der Waals surface area contributed by atoms with Crippen molar-refractivity contribution in [1.29, 1.82) is 0 Å². The van der Waals surface area contributed by atoms with E-state index in [2.05, 4.69) is 30.1 Å². The number of aromatic nitrogens is 3. The summed E-state index contributed by atoms with van der Waals surface area (Å²) >= 11 is 14.0. The van der Waals surface area contributed by atoms with Gasteiger partial charge in [0.1, 0.15) is 0 Å². The lowest BCUT2D eigenvalue weighted by Crippen LogP contribution is -1.98. The summed E-state index contributed by atoms with van der Waals surface area (Å²) in [5.41, 5.74) is 3.71. The van der Waals surface area contributed by atoms with Crippen LogP contribution in [-0.2, 0) is 0 Å². The lowest BCUT2D eigenvalue weighted by molar-refractivity contribution is 0.893. The quantitative estimate of drug-likeness (QED) is 0.415. The van der Waals surface area contributed by atoms with Crippen molar-refractivity contribution in [1.82, 2.24) is 14.8 Å². The van der Waals surface area contributed by atoms with E-state index >= 15 is 0 Å². The van der Waals surface area contributed by atoms with Crippen molar-refractivity contribution in [3.05, 3.63) is 75.8 Å². The van der Waals surface area contributed by atoms with Crippen LogP contribution in [0.4, 0.5) is 0 Å². The Kier molecular flexibility index (Phi) is 4.34. The van der Waals surface area contributed by atoms with Gasteiger partial charge in [-0.1, -0.05) is 23.2 Å². The van der Waals surface area contributed by atoms with E-state index < -0.39 is 0 Å². The second kappa shape index (κ2) is 6.64. The monoisotopic (exact) mass is 385 g/mol. The first-order valence-corrected chi connectivity index (χ1v) is 9.22. The van der Waals surface area contributed by atoms with Gasteiger partial charge < -0.3 is 0 Å². The van der Waals surface area contributed by atoms with Gasteiger partial charge in [0.25, 0.3) is 0 Å². The number of hydrogen-bond donors (Lipinski definition) is 0. The Labute approximate surface area is 159 Å². The summed E-state index contributed by atoms with van der Waals surface area (Å²) in [4.78, 5) is 6.58. The van der Waals surface area contributed by atoms with Gasteiger partial charge in [0.05, 0.1) is 32.0 Å². The number of hydrogen-bond acceptors (Lipinski definition) is 3. The van der Waals surface area contributed by atoms with E-state index in [1.54, 1.807) is 23.6 Å². The molecule has 0 aliphatic carbocycles. The molecule has 1 aromatic carbocycles. The number of thiophene rings is 1. The third-order valence-electron chi connectivity index (χ3n) is 3.81. The predicted octanol–water partition coefficient (Wildman–Crippen LogP) is 6.28. The molecular formula is C19H13Cl2N3S. The van der Waals surface area contributed by atoms with Gasteiger partial charge in [0, 0.05) is 22.8 Å². The zero-order valence-electron chi connectivity index (χ0n) is 13.3. The van der Waals surface area contributed by atoms with Gasteiger partial charge in [-0.15, -0.1) is 11.3 Å². The molecule has 4 aromatic rings. The van der Waals surface area contributed by atoms with Crippen LogP contribution in [-0.4, -0.2) is 14.8 Å². The summed E-state index contributed by atoms with van der Waals surface area (Å²) in [6.45, 7) is 2.09. The number of rotatable bonds is 3. The summed E-state index contributed by atoms with van der Waals surface area (Å²) in [5, 5.41) is 5.82. The van der Waals surface area contributed by atoms with E-state index in [1.165, 1.54) is 4.88 Å². The number of nitrogens with zero attached hydrogens (tertiary/aromatic N) is 3. The third kappa shape index (κ3) is 3.21. The summed E-state index contributed by atoms with van der Waals surface area (Å²) in [7, 11) is 0. The number of pyridine rings is 1. The van der Waals surface area contributed by atoms with Crippen LogP contribution in [0.2, 0.25) is 10.0 Å². The summed E-state index contributed by atoms with van der Waals surface area (Å²) in [5.74, 6) is 0. The minimum Gasteiger partial charge on any atom is -0.264 e. The average molecular weight is 386 g/mol. The Hall–Kier alpha value is -2.14. The SMILES string of the molecule is Cc1ccc(-c2cc(-c3cccnc3)nn2-c2ccc(Cl)c(Cl)c2)s1.